The third kappa shape index (κ3) is 7.60. The minimum Gasteiger partial charge on any atom is -0.509 e. The van der Waals surface area contributed by atoms with Gasteiger partial charge in [-0.3, -0.25) is 4.68 Å². The molecule has 0 spiro atoms. The summed E-state index contributed by atoms with van der Waals surface area (Å²) in [6, 6.07) is 34.8. The van der Waals surface area contributed by atoms with E-state index in [4.69, 9.17) is 14.8 Å². The van der Waals surface area contributed by atoms with Crippen LogP contribution in [0.4, 0.5) is 0 Å². The molecule has 4 aromatic carbocycles. The Bertz CT molecular complexity index is 2290. The maximum absolute atomic E-state index is 6.53. The standard InChI is InChI=1S/C45H46N4O.Pt/c1-29(2)20-32-12-11-13-33(21-30(3)4)44(32)34-27-47-48(28-34)36-22-31(5)23-38(25-36)50-37-16-17-40-39-14-9-10-15-41(39)49(42(40)26-37)43-24-35(18-19-46-43)45(6,7)8;/h9-19,22-24,27-30H,20-21H2,1-8H3;/q-2;+2. The first kappa shape index (κ1) is 36.3. The first-order chi connectivity index (χ1) is 23.9. The zero-order valence-electron chi connectivity index (χ0n) is 30.8. The normalized spacial score (nSPS) is 11.9. The largest absolute Gasteiger partial charge is 2.00 e. The molecule has 6 heteroatoms. The molecule has 0 saturated carbocycles. The molecular weight excluding hydrogens is 808 g/mol. The van der Waals surface area contributed by atoms with Crippen LogP contribution in [-0.4, -0.2) is 19.3 Å². The molecule has 0 unspecified atom stereocenters. The van der Waals surface area contributed by atoms with Crippen molar-refractivity contribution in [3.63, 3.8) is 0 Å². The average molecular weight is 854 g/mol. The molecule has 0 bridgehead atoms. The Labute approximate surface area is 317 Å². The summed E-state index contributed by atoms with van der Waals surface area (Å²) in [6.07, 6.45) is 8.07. The second kappa shape index (κ2) is 14.6. The minimum atomic E-state index is -0.00364. The molecule has 0 aliphatic heterocycles. The van der Waals surface area contributed by atoms with Crippen LogP contribution in [0, 0.1) is 30.9 Å². The molecule has 0 N–H and O–H groups in total. The van der Waals surface area contributed by atoms with Crippen LogP contribution in [0.15, 0.2) is 97.5 Å². The number of nitrogens with zero attached hydrogens (tertiary/aromatic N) is 4. The second-order valence-electron chi connectivity index (χ2n) is 15.4. The Hall–Kier alpha value is -4.47. The summed E-state index contributed by atoms with van der Waals surface area (Å²) in [6.45, 7) is 17.9. The van der Waals surface area contributed by atoms with Gasteiger partial charge in [0.05, 0.1) is 6.20 Å². The van der Waals surface area contributed by atoms with E-state index in [1.54, 1.807) is 0 Å². The monoisotopic (exact) mass is 853 g/mol. The molecule has 7 rings (SSSR count). The number of rotatable bonds is 9. The zero-order valence-corrected chi connectivity index (χ0v) is 33.1. The van der Waals surface area contributed by atoms with Gasteiger partial charge in [0, 0.05) is 35.0 Å². The molecule has 0 aliphatic rings. The maximum Gasteiger partial charge on any atom is 2.00 e. The average Bonchev–Trinajstić information content (AvgIpc) is 3.67. The first-order valence-electron chi connectivity index (χ1n) is 17.7. The van der Waals surface area contributed by atoms with Gasteiger partial charge in [-0.05, 0) is 81.6 Å². The van der Waals surface area contributed by atoms with Crippen LogP contribution in [-0.2, 0) is 39.3 Å². The van der Waals surface area contributed by atoms with Gasteiger partial charge in [0.25, 0.3) is 0 Å². The number of benzene rings is 4. The number of aromatic nitrogens is 4. The number of ether oxygens (including phenoxy) is 1. The minimum absolute atomic E-state index is 0. The SMILES string of the molecule is Cc1cc(Oc2[c-]c3c(cc2)c2ccccc2n3-c2cc(C(C)(C)C)ccn2)[c-]c(-n2cc(-c3c(CC(C)C)cccc3CC(C)C)cn2)c1.[Pt+2]. The van der Waals surface area contributed by atoms with Crippen molar-refractivity contribution in [3.05, 3.63) is 132 Å². The summed E-state index contributed by atoms with van der Waals surface area (Å²) >= 11 is 0. The summed E-state index contributed by atoms with van der Waals surface area (Å²) in [5.41, 5.74) is 10.3. The molecule has 0 radical (unpaired) electrons. The van der Waals surface area contributed by atoms with Crippen molar-refractivity contribution in [1.29, 1.82) is 0 Å². The van der Waals surface area contributed by atoms with Gasteiger partial charge >= 0.3 is 21.1 Å². The quantitative estimate of drug-likeness (QED) is 0.136. The van der Waals surface area contributed by atoms with Gasteiger partial charge in [0.2, 0.25) is 0 Å². The predicted octanol–water partition coefficient (Wildman–Crippen LogP) is 11.4. The van der Waals surface area contributed by atoms with Crippen LogP contribution >= 0.6 is 0 Å². The van der Waals surface area contributed by atoms with Gasteiger partial charge in [-0.15, -0.1) is 35.7 Å². The van der Waals surface area contributed by atoms with Crippen molar-refractivity contribution in [2.75, 3.05) is 0 Å². The van der Waals surface area contributed by atoms with E-state index in [0.717, 1.165) is 57.3 Å². The molecule has 5 nitrogen and oxygen atoms in total. The summed E-state index contributed by atoms with van der Waals surface area (Å²) < 4.78 is 10.6. The van der Waals surface area contributed by atoms with E-state index in [0.29, 0.717) is 23.3 Å². The number of para-hydroxylation sites is 1. The fraction of sp³-hybridized carbons (Fsp3) is 0.289. The van der Waals surface area contributed by atoms with Gasteiger partial charge in [0.1, 0.15) is 5.82 Å². The van der Waals surface area contributed by atoms with E-state index in [1.807, 2.05) is 29.2 Å². The molecule has 51 heavy (non-hydrogen) atoms. The summed E-state index contributed by atoms with van der Waals surface area (Å²) in [5.74, 6) is 3.21. The fourth-order valence-corrected chi connectivity index (χ4v) is 6.97. The van der Waals surface area contributed by atoms with Crippen molar-refractivity contribution in [2.45, 2.75) is 73.6 Å². The van der Waals surface area contributed by atoms with E-state index in [9.17, 15) is 0 Å². The van der Waals surface area contributed by atoms with Gasteiger partial charge in [0.15, 0.2) is 0 Å². The second-order valence-corrected chi connectivity index (χ2v) is 15.4. The Morgan fingerprint density at radius 3 is 2.22 bits per heavy atom. The van der Waals surface area contributed by atoms with Crippen LogP contribution in [0.5, 0.6) is 11.5 Å². The van der Waals surface area contributed by atoms with Crippen LogP contribution in [0.2, 0.25) is 0 Å². The molecular formula is C45H46N4OPt. The van der Waals surface area contributed by atoms with Crippen LogP contribution in [0.3, 0.4) is 0 Å². The van der Waals surface area contributed by atoms with Gasteiger partial charge in [-0.2, -0.15) is 16.7 Å². The number of hydrogen-bond donors (Lipinski definition) is 0. The summed E-state index contributed by atoms with van der Waals surface area (Å²) in [5, 5.41) is 7.09. The zero-order chi connectivity index (χ0) is 35.2. The summed E-state index contributed by atoms with van der Waals surface area (Å²) in [7, 11) is 0. The van der Waals surface area contributed by atoms with Crippen molar-refractivity contribution < 1.29 is 25.8 Å². The number of fused-ring (bicyclic) bond motifs is 3. The molecule has 3 heterocycles. The first-order valence-corrected chi connectivity index (χ1v) is 17.7. The van der Waals surface area contributed by atoms with Crippen molar-refractivity contribution >= 4 is 21.8 Å². The molecule has 0 saturated heterocycles. The Morgan fingerprint density at radius 1 is 0.784 bits per heavy atom. The Balaban J connectivity index is 0.00000448. The number of pyridine rings is 1. The molecule has 0 amide bonds. The van der Waals surface area contributed by atoms with E-state index < -0.39 is 0 Å². The van der Waals surface area contributed by atoms with Gasteiger partial charge in [-0.1, -0.05) is 97.3 Å². The van der Waals surface area contributed by atoms with Crippen LogP contribution in [0.1, 0.15) is 70.7 Å². The van der Waals surface area contributed by atoms with Crippen LogP contribution < -0.4 is 4.74 Å². The Morgan fingerprint density at radius 2 is 1.51 bits per heavy atom. The van der Waals surface area contributed by atoms with Crippen molar-refractivity contribution in [1.82, 2.24) is 19.3 Å². The molecule has 0 fully saturated rings. The smallest absolute Gasteiger partial charge is 0.509 e. The van der Waals surface area contributed by atoms with E-state index in [-0.39, 0.29) is 26.5 Å². The molecule has 0 aliphatic carbocycles. The fourth-order valence-electron chi connectivity index (χ4n) is 6.97. The topological polar surface area (TPSA) is 44.9 Å². The van der Waals surface area contributed by atoms with E-state index in [2.05, 4.69) is 145 Å². The van der Waals surface area contributed by atoms with Gasteiger partial charge in [-0.25, -0.2) is 4.98 Å². The molecule has 3 aromatic heterocycles. The van der Waals surface area contributed by atoms with Crippen molar-refractivity contribution in [2.24, 2.45) is 11.8 Å². The molecule has 262 valence electrons. The predicted molar refractivity (Wildman–Crippen MR) is 206 cm³/mol. The molecule has 7 aromatic rings. The van der Waals surface area contributed by atoms with E-state index in [1.165, 1.54) is 22.3 Å². The van der Waals surface area contributed by atoms with E-state index >= 15 is 0 Å². The summed E-state index contributed by atoms with van der Waals surface area (Å²) in [4.78, 5) is 4.81. The number of hydrogen-bond acceptors (Lipinski definition) is 3. The third-order valence-electron chi connectivity index (χ3n) is 9.20. The maximum atomic E-state index is 6.53. The van der Waals surface area contributed by atoms with Crippen LogP contribution in [0.25, 0.3) is 44.4 Å². The Kier molecular flexibility index (Phi) is 10.4. The molecule has 0 atom stereocenters. The number of aryl methyl sites for hydroxylation is 1. The third-order valence-corrected chi connectivity index (χ3v) is 9.20. The van der Waals surface area contributed by atoms with Crippen molar-refractivity contribution in [3.8, 4) is 34.1 Å². The van der Waals surface area contributed by atoms with Gasteiger partial charge < -0.3 is 9.30 Å².